The second-order valence-electron chi connectivity index (χ2n) is 7.45. The van der Waals surface area contributed by atoms with E-state index in [1.807, 2.05) is 0 Å². The van der Waals surface area contributed by atoms with Gasteiger partial charge in [0.25, 0.3) is 0 Å². The van der Waals surface area contributed by atoms with E-state index in [1.165, 1.54) is 29.6 Å². The maximum absolute atomic E-state index is 13.4. The minimum absolute atomic E-state index is 0.273. The molecule has 2 aromatic carbocycles. The zero-order valence-electron chi connectivity index (χ0n) is 16.3. The van der Waals surface area contributed by atoms with Crippen LogP contribution in [-0.4, -0.2) is 29.1 Å². The predicted octanol–water partition coefficient (Wildman–Crippen LogP) is 2.75. The summed E-state index contributed by atoms with van der Waals surface area (Å²) in [5, 5.41) is 1.38. The summed E-state index contributed by atoms with van der Waals surface area (Å²) in [5.41, 5.74) is 8.81. The molecule has 8 heteroatoms. The molecular weight excluding hydrogens is 390 g/mol. The molecule has 4 rings (SSSR count). The fourth-order valence-electron chi connectivity index (χ4n) is 3.67. The predicted molar refractivity (Wildman–Crippen MR) is 108 cm³/mol. The van der Waals surface area contributed by atoms with Gasteiger partial charge >= 0.3 is 11.9 Å². The minimum Gasteiger partial charge on any atom is -0.398 e. The third kappa shape index (κ3) is 4.55. The Bertz CT molecular complexity index is 1090. The standard InChI is InChI=1S/C22H22F2N4O2/c23-15-3-1-14(2-4-15)20(25)17(11-13-7-9-30-10-8-13)21(29)28-22-26-18-6-5-16(24)12-19(18)27-22/h1-6,12-13H,7-11,25H2,(H2,26,27,28,29)/p+1/b20-17-. The number of rotatable bonds is 5. The number of nitrogens with one attached hydrogen (secondary N) is 1. The molecule has 1 aliphatic heterocycles. The van der Waals surface area contributed by atoms with Gasteiger partial charge in [-0.15, -0.1) is 0 Å². The Balaban J connectivity index is 1.63. The molecule has 0 spiro atoms. The van der Waals surface area contributed by atoms with Crippen LogP contribution in [0.4, 0.5) is 14.7 Å². The Morgan fingerprint density at radius 2 is 1.83 bits per heavy atom. The molecule has 1 fully saturated rings. The highest BCUT2D eigenvalue weighted by Crippen LogP contribution is 2.26. The van der Waals surface area contributed by atoms with Crippen LogP contribution >= 0.6 is 0 Å². The molecule has 1 amide bonds. The molecule has 0 atom stereocenters. The zero-order chi connectivity index (χ0) is 21.1. The number of benzene rings is 2. The van der Waals surface area contributed by atoms with Gasteiger partial charge in [0.05, 0.1) is 22.3 Å². The van der Waals surface area contributed by atoms with Crippen molar-refractivity contribution in [1.29, 1.82) is 0 Å². The van der Waals surface area contributed by atoms with E-state index in [-0.39, 0.29) is 23.5 Å². The molecule has 6 nitrogen and oxygen atoms in total. The molecule has 0 aliphatic carbocycles. The Morgan fingerprint density at radius 1 is 1.13 bits per heavy atom. The number of carbonyl (C=O) groups is 1. The molecule has 1 aliphatic rings. The number of nitrogens with zero attached hydrogens (tertiary/aromatic N) is 1. The fourth-order valence-corrected chi connectivity index (χ4v) is 3.67. The Kier molecular flexibility index (Phi) is 5.87. The molecule has 0 unspecified atom stereocenters. The average Bonchev–Trinajstić information content (AvgIpc) is 3.14. The van der Waals surface area contributed by atoms with Crippen LogP contribution in [0, 0.1) is 17.6 Å². The summed E-state index contributed by atoms with van der Waals surface area (Å²) in [6.07, 6.45) is 2.19. The van der Waals surface area contributed by atoms with Crippen molar-refractivity contribution in [2.75, 3.05) is 13.2 Å². The summed E-state index contributed by atoms with van der Waals surface area (Å²) in [5.74, 6) is -0.427. The Morgan fingerprint density at radius 3 is 2.57 bits per heavy atom. The molecule has 30 heavy (non-hydrogen) atoms. The summed E-state index contributed by atoms with van der Waals surface area (Å²) in [6.45, 7) is 1.31. The van der Waals surface area contributed by atoms with E-state index < -0.39 is 0 Å². The van der Waals surface area contributed by atoms with Gasteiger partial charge in [0.1, 0.15) is 11.6 Å². The number of aromatic amines is 1. The van der Waals surface area contributed by atoms with E-state index >= 15 is 0 Å². The number of carbonyl (C=O) groups excluding carboxylic acids is 1. The van der Waals surface area contributed by atoms with Gasteiger partial charge < -0.3 is 10.5 Å². The fraction of sp³-hybridized carbons (Fsp3) is 0.273. The number of nitrogens with two attached hydrogens (primary N) is 2. The number of ether oxygens (including phenoxy) is 1. The number of fused-ring (bicyclic) bond motifs is 1. The summed E-state index contributed by atoms with van der Waals surface area (Å²) < 4.78 is 32.2. The van der Waals surface area contributed by atoms with E-state index in [0.29, 0.717) is 53.4 Å². The van der Waals surface area contributed by atoms with Crippen molar-refractivity contribution < 1.29 is 23.6 Å². The van der Waals surface area contributed by atoms with Crippen molar-refractivity contribution in [1.82, 2.24) is 9.97 Å². The number of aromatic nitrogens is 2. The minimum atomic E-state index is -0.385. The second-order valence-corrected chi connectivity index (χ2v) is 7.45. The number of halogens is 2. The molecule has 2 heterocycles. The van der Waals surface area contributed by atoms with E-state index in [0.717, 1.165) is 12.8 Å². The van der Waals surface area contributed by atoms with Gasteiger partial charge in [-0.1, -0.05) is 0 Å². The smallest absolute Gasteiger partial charge is 0.348 e. The Hall–Kier alpha value is -3.10. The number of quaternary nitrogens is 1. The summed E-state index contributed by atoms with van der Waals surface area (Å²) in [6, 6.07) is 9.95. The number of H-pyrrole nitrogens is 1. The van der Waals surface area contributed by atoms with Gasteiger partial charge in [0.2, 0.25) is 0 Å². The van der Waals surface area contributed by atoms with E-state index in [9.17, 15) is 13.6 Å². The van der Waals surface area contributed by atoms with Crippen LogP contribution in [0.15, 0.2) is 48.0 Å². The van der Waals surface area contributed by atoms with E-state index in [4.69, 9.17) is 10.5 Å². The van der Waals surface area contributed by atoms with Gasteiger partial charge in [-0.3, -0.25) is 4.98 Å². The molecule has 5 N–H and O–H groups in total. The second kappa shape index (κ2) is 8.73. The van der Waals surface area contributed by atoms with Crippen molar-refractivity contribution in [3.8, 4) is 0 Å². The first-order valence-corrected chi connectivity index (χ1v) is 9.86. The monoisotopic (exact) mass is 413 g/mol. The number of imidazole rings is 1. The molecule has 1 aromatic heterocycles. The van der Waals surface area contributed by atoms with Gasteiger partial charge in [0.15, 0.2) is 0 Å². The SMILES string of the molecule is N/C(=C(/CC1CCOCC1)C(=O)[NH2+]c1nc2ccc(F)cc2[nH]1)c1ccc(F)cc1. The number of primary amides is 1. The summed E-state index contributed by atoms with van der Waals surface area (Å²) in [7, 11) is 0. The van der Waals surface area contributed by atoms with Crippen LogP contribution in [0.3, 0.4) is 0 Å². The highest BCUT2D eigenvalue weighted by molar-refractivity contribution is 5.95. The first kappa shape index (κ1) is 20.2. The molecular formula is C22H23F2N4O2+. The van der Waals surface area contributed by atoms with Crippen LogP contribution in [0.5, 0.6) is 0 Å². The topological polar surface area (TPSA) is 97.6 Å². The molecule has 0 bridgehead atoms. The van der Waals surface area contributed by atoms with Gasteiger partial charge in [0, 0.05) is 13.2 Å². The summed E-state index contributed by atoms with van der Waals surface area (Å²) >= 11 is 0. The van der Waals surface area contributed by atoms with Crippen molar-refractivity contribution in [3.05, 3.63) is 65.2 Å². The highest BCUT2D eigenvalue weighted by atomic mass is 19.1. The van der Waals surface area contributed by atoms with Crippen molar-refractivity contribution in [2.45, 2.75) is 19.3 Å². The van der Waals surface area contributed by atoms with Gasteiger partial charge in [-0.05, 0) is 73.2 Å². The largest absolute Gasteiger partial charge is 0.398 e. The van der Waals surface area contributed by atoms with Crippen molar-refractivity contribution >= 4 is 28.6 Å². The van der Waals surface area contributed by atoms with Gasteiger partial charge in [-0.2, -0.15) is 4.98 Å². The molecule has 0 saturated carbocycles. The number of hydrogen-bond acceptors (Lipinski definition) is 4. The molecule has 1 saturated heterocycles. The number of amides is 1. The zero-order valence-corrected chi connectivity index (χ0v) is 16.3. The van der Waals surface area contributed by atoms with Crippen LogP contribution in [-0.2, 0) is 9.53 Å². The summed E-state index contributed by atoms with van der Waals surface area (Å²) in [4.78, 5) is 20.5. The molecule has 3 aromatic rings. The maximum atomic E-state index is 13.4. The Labute approximate surface area is 172 Å². The first-order chi connectivity index (χ1) is 14.5. The molecule has 0 radical (unpaired) electrons. The van der Waals surface area contributed by atoms with Crippen LogP contribution < -0.4 is 11.1 Å². The van der Waals surface area contributed by atoms with Crippen molar-refractivity contribution in [3.63, 3.8) is 0 Å². The van der Waals surface area contributed by atoms with Gasteiger partial charge in [-0.25, -0.2) is 18.9 Å². The van der Waals surface area contributed by atoms with Crippen LogP contribution in [0.2, 0.25) is 0 Å². The lowest BCUT2D eigenvalue weighted by Crippen LogP contribution is -2.83. The number of hydrogen-bond donors (Lipinski definition) is 3. The molecule has 156 valence electrons. The maximum Gasteiger partial charge on any atom is 0.348 e. The first-order valence-electron chi connectivity index (χ1n) is 9.86. The third-order valence-electron chi connectivity index (χ3n) is 5.34. The average molecular weight is 413 g/mol. The normalized spacial score (nSPS) is 15.9. The van der Waals surface area contributed by atoms with Crippen LogP contribution in [0.25, 0.3) is 16.7 Å². The quantitative estimate of drug-likeness (QED) is 0.560. The third-order valence-corrected chi connectivity index (χ3v) is 5.34. The van der Waals surface area contributed by atoms with Crippen molar-refractivity contribution in [2.24, 2.45) is 11.7 Å². The lowest BCUT2D eigenvalue weighted by atomic mass is 9.90. The lowest BCUT2D eigenvalue weighted by Gasteiger charge is -2.22. The van der Waals surface area contributed by atoms with E-state index in [1.54, 1.807) is 18.2 Å². The van der Waals surface area contributed by atoms with Crippen LogP contribution in [0.1, 0.15) is 24.8 Å². The lowest BCUT2D eigenvalue weighted by molar-refractivity contribution is -0.486. The highest BCUT2D eigenvalue weighted by Gasteiger charge is 2.26. The van der Waals surface area contributed by atoms with E-state index in [2.05, 4.69) is 9.97 Å².